The van der Waals surface area contributed by atoms with Crippen LogP contribution in [0.5, 0.6) is 5.75 Å². The zero-order chi connectivity index (χ0) is 25.3. The molecule has 1 atom stereocenters. The van der Waals surface area contributed by atoms with Crippen molar-refractivity contribution in [2.24, 2.45) is 5.10 Å². The van der Waals surface area contributed by atoms with E-state index in [0.29, 0.717) is 17.9 Å². The molecule has 0 bridgehead atoms. The van der Waals surface area contributed by atoms with Crippen LogP contribution in [0.15, 0.2) is 53.6 Å². The van der Waals surface area contributed by atoms with Gasteiger partial charge in [-0.15, -0.1) is 0 Å². The molecule has 0 spiro atoms. The second kappa shape index (κ2) is 12.3. The fraction of sp³-hybridized carbons (Fsp3) is 0.348. The number of sulfonamides is 1. The summed E-state index contributed by atoms with van der Waals surface area (Å²) >= 11 is 0. The molecule has 0 aromatic heterocycles. The van der Waals surface area contributed by atoms with E-state index in [1.807, 2.05) is 0 Å². The van der Waals surface area contributed by atoms with Gasteiger partial charge in [0.25, 0.3) is 11.8 Å². The number of hydrogen-bond donors (Lipinski definition) is 2. The summed E-state index contributed by atoms with van der Waals surface area (Å²) in [7, 11) is -3.78. The molecule has 2 aromatic carbocycles. The second-order valence-electron chi connectivity index (χ2n) is 7.84. The zero-order valence-corrected chi connectivity index (χ0v) is 20.0. The van der Waals surface area contributed by atoms with Crippen molar-refractivity contribution in [3.63, 3.8) is 0 Å². The highest BCUT2D eigenvalue weighted by Gasteiger charge is 2.20. The van der Waals surface area contributed by atoms with Gasteiger partial charge in [-0.1, -0.05) is 0 Å². The van der Waals surface area contributed by atoms with Gasteiger partial charge in [-0.2, -0.15) is 5.10 Å². The highest BCUT2D eigenvalue weighted by Crippen LogP contribution is 2.17. The van der Waals surface area contributed by atoms with E-state index in [-0.39, 0.29) is 24.3 Å². The van der Waals surface area contributed by atoms with Crippen LogP contribution in [-0.2, 0) is 24.3 Å². The largest absolute Gasteiger partial charge is 0.484 e. The summed E-state index contributed by atoms with van der Waals surface area (Å²) in [4.78, 5) is 24.1. The molecular formula is C23H27FN4O6S. The molecule has 188 valence electrons. The highest BCUT2D eigenvalue weighted by molar-refractivity contribution is 7.92. The second-order valence-corrected chi connectivity index (χ2v) is 9.74. The van der Waals surface area contributed by atoms with Crippen LogP contribution in [0.4, 0.5) is 10.1 Å². The lowest BCUT2D eigenvalue weighted by Gasteiger charge is -2.21. The zero-order valence-electron chi connectivity index (χ0n) is 19.1. The number of carbonyl (C=O) groups is 2. The van der Waals surface area contributed by atoms with Crippen molar-refractivity contribution in [1.29, 1.82) is 0 Å². The maximum Gasteiger partial charge on any atom is 0.260 e. The molecule has 0 aliphatic carbocycles. The normalized spacial score (nSPS) is 15.7. The molecule has 0 unspecified atom stereocenters. The Bertz CT molecular complexity index is 1130. The maximum absolute atomic E-state index is 13.1. The van der Waals surface area contributed by atoms with E-state index in [1.165, 1.54) is 18.3 Å². The van der Waals surface area contributed by atoms with Crippen LogP contribution in [0.3, 0.4) is 0 Å². The lowest BCUT2D eigenvalue weighted by molar-refractivity contribution is -0.123. The molecule has 2 N–H and O–H groups in total. The minimum Gasteiger partial charge on any atom is -0.484 e. The van der Waals surface area contributed by atoms with Crippen LogP contribution in [0, 0.1) is 5.82 Å². The number of carbonyl (C=O) groups excluding carboxylic acids is 2. The fourth-order valence-electron chi connectivity index (χ4n) is 3.23. The van der Waals surface area contributed by atoms with Gasteiger partial charge in [-0.3, -0.25) is 13.9 Å². The average molecular weight is 507 g/mol. The van der Waals surface area contributed by atoms with E-state index in [0.717, 1.165) is 42.1 Å². The number of anilines is 1. The minimum atomic E-state index is -3.78. The van der Waals surface area contributed by atoms with Crippen LogP contribution < -0.4 is 19.8 Å². The Morgan fingerprint density at radius 2 is 1.89 bits per heavy atom. The van der Waals surface area contributed by atoms with Gasteiger partial charge in [0, 0.05) is 13.2 Å². The van der Waals surface area contributed by atoms with Gasteiger partial charge in [0.15, 0.2) is 6.61 Å². The summed E-state index contributed by atoms with van der Waals surface area (Å²) < 4.78 is 49.0. The smallest absolute Gasteiger partial charge is 0.260 e. The van der Waals surface area contributed by atoms with Crippen LogP contribution >= 0.6 is 0 Å². The first-order chi connectivity index (χ1) is 16.7. The summed E-state index contributed by atoms with van der Waals surface area (Å²) in [6.45, 7) is 0.547. The summed E-state index contributed by atoms with van der Waals surface area (Å²) in [6, 6.07) is 11.4. The Morgan fingerprint density at radius 1 is 1.17 bits per heavy atom. The number of rotatable bonds is 11. The molecule has 1 saturated heterocycles. The van der Waals surface area contributed by atoms with E-state index < -0.39 is 28.3 Å². The summed E-state index contributed by atoms with van der Waals surface area (Å²) in [5.74, 6) is -0.950. The van der Waals surface area contributed by atoms with Gasteiger partial charge >= 0.3 is 0 Å². The lowest BCUT2D eigenvalue weighted by atomic mass is 10.2. The van der Waals surface area contributed by atoms with E-state index >= 15 is 0 Å². The highest BCUT2D eigenvalue weighted by atomic mass is 32.2. The van der Waals surface area contributed by atoms with Crippen molar-refractivity contribution in [3.8, 4) is 5.75 Å². The van der Waals surface area contributed by atoms with Gasteiger partial charge in [0.1, 0.15) is 18.1 Å². The Balaban J connectivity index is 1.44. The molecule has 1 heterocycles. The monoisotopic (exact) mass is 506 g/mol. The number of halogens is 1. The molecule has 1 aliphatic heterocycles. The van der Waals surface area contributed by atoms with E-state index in [9.17, 15) is 22.4 Å². The molecular weight excluding hydrogens is 479 g/mol. The molecule has 2 amide bonds. The number of hydrazone groups is 1. The van der Waals surface area contributed by atoms with Crippen LogP contribution in [0.1, 0.15) is 18.4 Å². The molecule has 1 fully saturated rings. The molecule has 0 radical (unpaired) electrons. The first-order valence-corrected chi connectivity index (χ1v) is 12.7. The first-order valence-electron chi connectivity index (χ1n) is 10.9. The van der Waals surface area contributed by atoms with Crippen molar-refractivity contribution in [2.75, 3.05) is 36.9 Å². The van der Waals surface area contributed by atoms with Gasteiger partial charge in [-0.25, -0.2) is 18.2 Å². The molecule has 35 heavy (non-hydrogen) atoms. The average Bonchev–Trinajstić information content (AvgIpc) is 3.34. The molecule has 10 nitrogen and oxygen atoms in total. The number of ether oxygens (including phenoxy) is 2. The number of nitrogens with one attached hydrogen (secondary N) is 2. The van der Waals surface area contributed by atoms with Crippen molar-refractivity contribution in [2.45, 2.75) is 18.9 Å². The molecule has 12 heteroatoms. The summed E-state index contributed by atoms with van der Waals surface area (Å²) in [5.41, 5.74) is 3.06. The molecule has 1 aliphatic rings. The molecule has 0 saturated carbocycles. The third kappa shape index (κ3) is 8.65. The maximum atomic E-state index is 13.1. The lowest BCUT2D eigenvalue weighted by Crippen LogP contribution is -2.39. The number of hydrogen-bond acceptors (Lipinski definition) is 7. The van der Waals surface area contributed by atoms with Gasteiger partial charge in [-0.05, 0) is 66.9 Å². The summed E-state index contributed by atoms with van der Waals surface area (Å²) in [5, 5.41) is 6.60. The van der Waals surface area contributed by atoms with E-state index in [4.69, 9.17) is 9.47 Å². The van der Waals surface area contributed by atoms with Gasteiger partial charge in [0.05, 0.1) is 24.3 Å². The summed E-state index contributed by atoms with van der Waals surface area (Å²) in [6.07, 6.45) is 4.33. The first kappa shape index (κ1) is 26.1. The quantitative estimate of drug-likeness (QED) is 0.351. The van der Waals surface area contributed by atoms with Crippen molar-refractivity contribution >= 4 is 33.7 Å². The Kier molecular flexibility index (Phi) is 9.15. The molecule has 2 aromatic rings. The molecule has 3 rings (SSSR count). The number of amides is 2. The minimum absolute atomic E-state index is 0.0652. The van der Waals surface area contributed by atoms with E-state index in [1.54, 1.807) is 24.3 Å². The number of benzene rings is 2. The Labute approximate surface area is 203 Å². The standard InChI is InChI=1S/C23H27FN4O6S/c1-35(31,32)28(19-8-6-18(24)7-9-19)15-22(29)27-26-13-17-4-10-20(11-5-17)34-16-23(30)25-14-21-3-2-12-33-21/h4-11,13,21H,2-3,12,14-16H2,1H3,(H,25,30)(H,27,29)/b26-13-/t21-/m1/s1. The Morgan fingerprint density at radius 3 is 2.51 bits per heavy atom. The Hall–Kier alpha value is -3.51. The van der Waals surface area contributed by atoms with Crippen molar-refractivity contribution < 1.29 is 31.9 Å². The van der Waals surface area contributed by atoms with Crippen LogP contribution in [-0.4, -0.2) is 65.1 Å². The van der Waals surface area contributed by atoms with Crippen LogP contribution in [0.2, 0.25) is 0 Å². The van der Waals surface area contributed by atoms with Gasteiger partial charge < -0.3 is 14.8 Å². The van der Waals surface area contributed by atoms with Crippen molar-refractivity contribution in [1.82, 2.24) is 10.7 Å². The fourth-order valence-corrected chi connectivity index (χ4v) is 4.09. The van der Waals surface area contributed by atoms with Crippen LogP contribution in [0.25, 0.3) is 0 Å². The van der Waals surface area contributed by atoms with E-state index in [2.05, 4.69) is 15.8 Å². The predicted octanol–water partition coefficient (Wildman–Crippen LogP) is 1.42. The number of nitrogens with zero attached hydrogens (tertiary/aromatic N) is 2. The SMILES string of the molecule is CS(=O)(=O)N(CC(=O)N/N=C\c1ccc(OCC(=O)NC[C@H]2CCCO2)cc1)c1ccc(F)cc1. The van der Waals surface area contributed by atoms with Crippen molar-refractivity contribution in [3.05, 3.63) is 59.9 Å². The predicted molar refractivity (Wildman–Crippen MR) is 128 cm³/mol. The van der Waals surface area contributed by atoms with Gasteiger partial charge in [0.2, 0.25) is 10.0 Å². The third-order valence-corrected chi connectivity index (χ3v) is 6.15. The topological polar surface area (TPSA) is 126 Å². The third-order valence-electron chi connectivity index (χ3n) is 5.01.